The van der Waals surface area contributed by atoms with Crippen molar-refractivity contribution < 1.29 is 114 Å². The molecule has 0 fully saturated rings. The average molecular weight is 1290 g/mol. The van der Waals surface area contributed by atoms with E-state index in [9.17, 15) is 57.5 Å². The zero-order valence-corrected chi connectivity index (χ0v) is 50.1. The van der Waals surface area contributed by atoms with Crippen LogP contribution >= 0.6 is 11.8 Å². The molecular weight excluding hydrogens is 1190 g/mol. The predicted octanol–water partition coefficient (Wildman–Crippen LogP) is -5.21. The maximum absolute atomic E-state index is 10.4. The summed E-state index contributed by atoms with van der Waals surface area (Å²) >= 11 is 1.60. The van der Waals surface area contributed by atoms with E-state index in [1.165, 1.54) is 0 Å². The molecule has 88 heavy (non-hydrogen) atoms. The number of carboxylic acids is 10. The molecule has 0 unspecified atom stereocenters. The number of nitrogens with two attached hydrogens (primary N) is 13. The molecule has 0 saturated heterocycles. The first kappa shape index (κ1) is 96.3. The monoisotopic (exact) mass is 1290 g/mol. The van der Waals surface area contributed by atoms with Gasteiger partial charge in [-0.3, -0.25) is 57.5 Å². The van der Waals surface area contributed by atoms with Crippen molar-refractivity contribution in [2.45, 2.75) is 126 Å². The van der Waals surface area contributed by atoms with E-state index < -0.39 is 126 Å². The fourth-order valence-electron chi connectivity index (χ4n) is 4.21. The molecule has 0 heterocycles. The molecule has 37 heteroatoms. The van der Waals surface area contributed by atoms with E-state index in [1.54, 1.807) is 11.8 Å². The number of aliphatic hydroxyl groups excluding tert-OH is 1. The fraction of sp³-hybridized carbons (Fsp3) is 0.529. The summed E-state index contributed by atoms with van der Waals surface area (Å²) in [5.74, 6) is -10.5. The van der Waals surface area contributed by atoms with Crippen LogP contribution in [0.4, 0.5) is 0 Å². The molecule has 0 aromatic heterocycles. The highest BCUT2D eigenvalue weighted by Crippen LogP contribution is 2.05. The third-order valence-electron chi connectivity index (χ3n) is 9.63. The molecule has 0 aliphatic carbocycles. The molecule has 0 saturated carbocycles. The lowest BCUT2D eigenvalue weighted by Gasteiger charge is -2.11. The van der Waals surface area contributed by atoms with Gasteiger partial charge in [0.05, 0.1) is 26.1 Å². The van der Waals surface area contributed by atoms with Gasteiger partial charge in [-0.15, -0.1) is 0 Å². The van der Waals surface area contributed by atoms with Crippen LogP contribution in [0.3, 0.4) is 0 Å². The van der Waals surface area contributed by atoms with Crippen LogP contribution in [0, 0.1) is 5.92 Å². The van der Waals surface area contributed by atoms with Crippen LogP contribution < -0.4 is 74.5 Å². The third-order valence-corrected chi connectivity index (χ3v) is 10.3. The van der Waals surface area contributed by atoms with Crippen molar-refractivity contribution in [1.82, 2.24) is 0 Å². The largest absolute Gasteiger partial charge is 0.480 e. The summed E-state index contributed by atoms with van der Waals surface area (Å²) in [5.41, 5.74) is 66.8. The number of benzene rings is 2. The van der Waals surface area contributed by atoms with Gasteiger partial charge >= 0.3 is 59.7 Å². The van der Waals surface area contributed by atoms with Crippen LogP contribution in [0.5, 0.6) is 0 Å². The minimum absolute atomic E-state index is 0.0213. The van der Waals surface area contributed by atoms with Crippen LogP contribution in [-0.2, 0) is 70.4 Å². The van der Waals surface area contributed by atoms with Crippen molar-refractivity contribution in [3.63, 3.8) is 0 Å². The number of amides is 2. The SMILES string of the molecule is CC[C@H](C)[C@H](N)C(=O)O.CSCC[C@H](N)C(=O)O.NC(=O)CC[C@H](N)C(=O)O.NC(=O)C[C@H](N)C(=O)O.NCC(=O)O.NCC(=O)O.NCCCC[C@H](N)C(=O)O.N[C@@H](CO)C(=O)O.N[C@@H](Cc1ccccc1)C(=O)O.N[C@@H](Cc1ccccc1)C(=O)O. The van der Waals surface area contributed by atoms with E-state index in [0.717, 1.165) is 36.1 Å². The first-order chi connectivity index (χ1) is 40.6. The van der Waals surface area contributed by atoms with Crippen molar-refractivity contribution in [3.8, 4) is 0 Å². The number of unbranched alkanes of at least 4 members (excludes halogenated alkanes) is 1. The van der Waals surface area contributed by atoms with E-state index in [0.29, 0.717) is 32.2 Å². The Labute approximate surface area is 512 Å². The van der Waals surface area contributed by atoms with Gasteiger partial charge in [-0.05, 0) is 74.1 Å². The maximum atomic E-state index is 10.4. The highest BCUT2D eigenvalue weighted by molar-refractivity contribution is 7.98. The lowest BCUT2D eigenvalue weighted by Crippen LogP contribution is -2.36. The Morgan fingerprint density at radius 3 is 0.966 bits per heavy atom. The summed E-state index contributed by atoms with van der Waals surface area (Å²) < 4.78 is 0. The smallest absolute Gasteiger partial charge is 0.322 e. The third kappa shape index (κ3) is 76.0. The molecule has 9 atom stereocenters. The molecule has 0 aliphatic heterocycles. The van der Waals surface area contributed by atoms with Gasteiger partial charge in [-0.1, -0.05) is 87.4 Å². The number of thioether (sulfide) groups is 1. The summed E-state index contributed by atoms with van der Waals surface area (Å²) in [6.45, 7) is 3.30. The number of carbonyl (C=O) groups excluding carboxylic acids is 2. The van der Waals surface area contributed by atoms with Gasteiger partial charge in [0.25, 0.3) is 0 Å². The van der Waals surface area contributed by atoms with Gasteiger partial charge < -0.3 is 131 Å². The van der Waals surface area contributed by atoms with E-state index in [4.69, 9.17) is 114 Å². The van der Waals surface area contributed by atoms with Crippen LogP contribution in [0.15, 0.2) is 60.7 Å². The first-order valence-corrected chi connectivity index (χ1v) is 27.2. The average Bonchev–Trinajstić information content (AvgIpc) is 3.46. The molecule has 2 rings (SSSR count). The van der Waals surface area contributed by atoms with Crippen LogP contribution in [0.25, 0.3) is 0 Å². The standard InChI is InChI=1S/2C9H11NO2.C6H14N2O2.C6H13NO2.C5H10N2O3.C5H11NO2S.C4H8N2O3.C3H7NO3.2C2H5NO2/c2*10-8(9(11)12)6-7-4-2-1-3-5-7;7-4-2-1-3-5(8)6(9)10;1-3-4(2)5(7)6(8)9;6-3(5(9)10)1-2-4(7)8;1-9-3-2-4(6)5(7)8;5-2(4(8)9)1-3(6)7;4-2(1-5)3(6)7;2*3-1-2(4)5/h2*1-5,8H,6,10H2,(H,11,12);5H,1-4,7-8H2,(H,9,10);4-5H,3,7H2,1-2H3,(H,8,9);3H,1-2,6H2,(H2,7,8)(H,9,10);4H,2-3,6H2,1H3,(H,7,8);2H,1,5H2,(H2,6,7)(H,8,9);2,5H,1,4H2,(H,6,7);2*1,3H2,(H,4,5)/t2*8-;5-;4-,5-;3-;4-;2*2-;;/m00000000../s1. The Bertz CT molecular complexity index is 2160. The number of aliphatic hydroxyl groups is 1. The van der Waals surface area contributed by atoms with Crippen LogP contribution in [-0.4, -0.2) is 214 Å². The van der Waals surface area contributed by atoms with Crippen LogP contribution in [0.1, 0.15) is 76.3 Å². The Balaban J connectivity index is -0.000000136. The Kier molecular flexibility index (Phi) is 69.4. The lowest BCUT2D eigenvalue weighted by atomic mass is 10.0. The van der Waals surface area contributed by atoms with E-state index in [2.05, 4.69) is 17.2 Å². The number of carboxylic acid groups (broad SMARTS) is 10. The molecule has 0 radical (unpaired) electrons. The van der Waals surface area contributed by atoms with E-state index in [-0.39, 0.29) is 38.3 Å². The Hall–Kier alpha value is -8.05. The molecule has 0 spiro atoms. The summed E-state index contributed by atoms with van der Waals surface area (Å²) in [5, 5.41) is 89.4. The molecule has 508 valence electrons. The minimum atomic E-state index is -1.21. The quantitative estimate of drug-likeness (QED) is 0.0339. The van der Waals surface area contributed by atoms with Crippen molar-refractivity contribution in [2.24, 2.45) is 80.5 Å². The zero-order chi connectivity index (χ0) is 70.7. The van der Waals surface area contributed by atoms with Gasteiger partial charge in [0.1, 0.15) is 48.3 Å². The van der Waals surface area contributed by atoms with Crippen molar-refractivity contribution in [3.05, 3.63) is 71.8 Å². The van der Waals surface area contributed by atoms with Crippen molar-refractivity contribution in [1.29, 1.82) is 0 Å². The molecular formula is C51H95N13O23S. The summed E-state index contributed by atoms with van der Waals surface area (Å²) in [6, 6.07) is 11.7. The topological polar surface area (TPSA) is 766 Å². The fourth-order valence-corrected chi connectivity index (χ4v) is 4.70. The summed E-state index contributed by atoms with van der Waals surface area (Å²) in [7, 11) is 0. The molecule has 36 nitrogen and oxygen atoms in total. The second kappa shape index (κ2) is 63.5. The number of hydrogen-bond acceptors (Lipinski definition) is 25. The van der Waals surface area contributed by atoms with Gasteiger partial charge in [0.2, 0.25) is 11.8 Å². The summed E-state index contributed by atoms with van der Waals surface area (Å²) in [4.78, 5) is 119. The number of primary amides is 2. The normalized spacial score (nSPS) is 12.5. The minimum Gasteiger partial charge on any atom is -0.480 e. The van der Waals surface area contributed by atoms with Crippen molar-refractivity contribution >= 4 is 83.3 Å². The maximum Gasteiger partial charge on any atom is 0.322 e. The summed E-state index contributed by atoms with van der Waals surface area (Å²) in [6.07, 6.45) is 6.04. The molecule has 2 aromatic carbocycles. The second-order valence-electron chi connectivity index (χ2n) is 17.4. The van der Waals surface area contributed by atoms with Gasteiger partial charge in [-0.25, -0.2) is 0 Å². The molecule has 37 N–H and O–H groups in total. The molecule has 2 amide bonds. The van der Waals surface area contributed by atoms with E-state index >= 15 is 0 Å². The van der Waals surface area contributed by atoms with Gasteiger partial charge in [0, 0.05) is 6.42 Å². The lowest BCUT2D eigenvalue weighted by molar-refractivity contribution is -0.140. The number of aliphatic carboxylic acids is 10. The second-order valence-corrected chi connectivity index (χ2v) is 18.3. The highest BCUT2D eigenvalue weighted by Gasteiger charge is 2.18. The number of carbonyl (C=O) groups is 12. The molecule has 2 aromatic rings. The number of rotatable bonds is 29. The number of hydrogen-bond donors (Lipinski definition) is 24. The van der Waals surface area contributed by atoms with E-state index in [1.807, 2.05) is 80.8 Å². The molecule has 0 aliphatic rings. The van der Waals surface area contributed by atoms with Crippen molar-refractivity contribution in [2.75, 3.05) is 38.2 Å². The Morgan fingerprint density at radius 2 is 0.761 bits per heavy atom. The zero-order valence-electron chi connectivity index (χ0n) is 49.3. The van der Waals surface area contributed by atoms with Crippen LogP contribution in [0.2, 0.25) is 0 Å². The van der Waals surface area contributed by atoms with Gasteiger partial charge in [-0.2, -0.15) is 11.8 Å². The highest BCUT2D eigenvalue weighted by atomic mass is 32.2. The predicted molar refractivity (Wildman–Crippen MR) is 323 cm³/mol. The van der Waals surface area contributed by atoms with Gasteiger partial charge in [0.15, 0.2) is 0 Å². The first-order valence-electron chi connectivity index (χ1n) is 25.8. The molecule has 0 bridgehead atoms. The Morgan fingerprint density at radius 1 is 0.443 bits per heavy atom.